The van der Waals surface area contributed by atoms with Crippen LogP contribution in [0.15, 0.2) is 233 Å². The van der Waals surface area contributed by atoms with Crippen LogP contribution in [0.3, 0.4) is 0 Å². The first-order chi connectivity index (χ1) is 34.7. The second-order valence-corrected chi connectivity index (χ2v) is 19.1. The predicted molar refractivity (Wildman–Crippen MR) is 291 cm³/mol. The Bertz CT molecular complexity index is 4600. The largest absolute Gasteiger partial charge is 0.456 e. The van der Waals surface area contributed by atoms with Crippen LogP contribution in [-0.4, -0.2) is 14.5 Å². The normalized spacial score (nSPS) is 12.0. The van der Waals surface area contributed by atoms with Gasteiger partial charge in [0.1, 0.15) is 22.3 Å². The minimum absolute atomic E-state index is 0.625. The number of furan rings is 2. The van der Waals surface area contributed by atoms with E-state index < -0.39 is 0 Å². The van der Waals surface area contributed by atoms with Gasteiger partial charge >= 0.3 is 0 Å². The summed E-state index contributed by atoms with van der Waals surface area (Å²) in [7, 11) is 0. The molecule has 0 atom stereocenters. The van der Waals surface area contributed by atoms with Gasteiger partial charge in [0, 0.05) is 74.9 Å². The van der Waals surface area contributed by atoms with Crippen molar-refractivity contribution in [2.24, 2.45) is 0 Å². The van der Waals surface area contributed by atoms with Crippen LogP contribution in [0.2, 0.25) is 0 Å². The van der Waals surface area contributed by atoms with Gasteiger partial charge < -0.3 is 13.4 Å². The number of para-hydroxylation sites is 3. The average Bonchev–Trinajstić information content (AvgIpc) is 4.19. The van der Waals surface area contributed by atoms with Gasteiger partial charge in [-0.2, -0.15) is 0 Å². The van der Waals surface area contributed by atoms with Crippen LogP contribution in [-0.2, 0) is 0 Å². The van der Waals surface area contributed by atoms with E-state index >= 15 is 0 Å². The highest BCUT2D eigenvalue weighted by atomic mass is 32.1. The monoisotopic (exact) mass is 911 g/mol. The van der Waals surface area contributed by atoms with E-state index in [-0.39, 0.29) is 0 Å². The van der Waals surface area contributed by atoms with Crippen LogP contribution in [0.1, 0.15) is 0 Å². The molecule has 0 N–H and O–H groups in total. The van der Waals surface area contributed by atoms with Gasteiger partial charge in [-0.3, -0.25) is 0 Å². The molecule has 0 saturated carbocycles. The van der Waals surface area contributed by atoms with E-state index in [9.17, 15) is 0 Å². The van der Waals surface area contributed by atoms with Crippen LogP contribution in [0.25, 0.3) is 148 Å². The van der Waals surface area contributed by atoms with Crippen molar-refractivity contribution in [2.45, 2.75) is 0 Å². The standard InChI is InChI=1S/C64H37N3O2S/c1-3-13-38(14-4-1)53-37-54(66-64(65-53)42-25-29-47-46-18-8-10-23-57(46)69-60(47)36-42)49-21-12-24-59-62(49)52-34-39(27-31-58(52)68-59)40-28-32-61-51(33-40)48-20-11-19-44(63(48)70-61)41-26-30-56-50(35-41)45-17-7-9-22-55(45)67(56)43-15-5-2-6-16-43/h1-37H. The van der Waals surface area contributed by atoms with Crippen LogP contribution in [0, 0.1) is 0 Å². The topological polar surface area (TPSA) is 57.0 Å². The van der Waals surface area contributed by atoms with Crippen molar-refractivity contribution in [1.82, 2.24) is 14.5 Å². The fourth-order valence-corrected chi connectivity index (χ4v) is 12.0. The summed E-state index contributed by atoms with van der Waals surface area (Å²) in [6.45, 7) is 0. The lowest BCUT2D eigenvalue weighted by Crippen LogP contribution is -1.96. The van der Waals surface area contributed by atoms with Crippen molar-refractivity contribution in [3.05, 3.63) is 224 Å². The summed E-state index contributed by atoms with van der Waals surface area (Å²) in [4.78, 5) is 10.5. The molecule has 70 heavy (non-hydrogen) atoms. The third-order valence-corrected chi connectivity index (χ3v) is 15.3. The van der Waals surface area contributed by atoms with Crippen molar-refractivity contribution in [3.63, 3.8) is 0 Å². The summed E-state index contributed by atoms with van der Waals surface area (Å²) in [6.07, 6.45) is 0. The Morgan fingerprint density at radius 1 is 0.343 bits per heavy atom. The second-order valence-electron chi connectivity index (χ2n) is 18.0. The van der Waals surface area contributed by atoms with Crippen molar-refractivity contribution < 1.29 is 8.83 Å². The third kappa shape index (κ3) is 6.03. The molecular formula is C64H37N3O2S. The Labute approximate surface area is 404 Å². The number of rotatable bonds is 6. The van der Waals surface area contributed by atoms with Crippen molar-refractivity contribution in [1.29, 1.82) is 0 Å². The van der Waals surface area contributed by atoms with E-state index in [1.54, 1.807) is 0 Å². The molecule has 15 aromatic rings. The Kier molecular flexibility index (Phi) is 8.46. The third-order valence-electron chi connectivity index (χ3n) is 14.0. The summed E-state index contributed by atoms with van der Waals surface area (Å²) < 4.78 is 17.8. The summed E-state index contributed by atoms with van der Waals surface area (Å²) in [5.41, 5.74) is 16.1. The SMILES string of the molecule is c1ccc(-c2cc(-c3cccc4oc5ccc(-c6ccc7sc8c(-c9ccc%10c(c9)c9ccccc9n%10-c9ccccc9)cccc8c7c6)cc5c34)nc(-c3ccc4c(c3)oc3ccccc34)n2)cc1. The molecular weight excluding hydrogens is 875 g/mol. The molecule has 0 spiro atoms. The molecule has 0 radical (unpaired) electrons. The van der Waals surface area contributed by atoms with E-state index in [1.807, 2.05) is 47.7 Å². The molecule has 5 aromatic heterocycles. The number of hydrogen-bond donors (Lipinski definition) is 0. The molecule has 5 nitrogen and oxygen atoms in total. The molecule has 0 bridgehead atoms. The minimum atomic E-state index is 0.625. The van der Waals surface area contributed by atoms with E-state index in [1.165, 1.54) is 53.1 Å². The Hall–Kier alpha value is -9.10. The number of benzene rings is 10. The van der Waals surface area contributed by atoms with Crippen LogP contribution in [0.4, 0.5) is 0 Å². The number of fused-ring (bicyclic) bond motifs is 12. The van der Waals surface area contributed by atoms with Crippen LogP contribution < -0.4 is 0 Å². The molecule has 0 amide bonds. The zero-order chi connectivity index (χ0) is 45.9. The van der Waals surface area contributed by atoms with Crippen molar-refractivity contribution >= 4 is 97.2 Å². The summed E-state index contributed by atoms with van der Waals surface area (Å²) in [5, 5.41) is 9.23. The molecule has 15 rings (SSSR count). The Balaban J connectivity index is 0.847. The second kappa shape index (κ2) is 15.2. The van der Waals surface area contributed by atoms with Gasteiger partial charge in [0.05, 0.1) is 22.4 Å². The molecule has 10 aromatic carbocycles. The first-order valence-corrected chi connectivity index (χ1v) is 24.4. The number of hydrogen-bond acceptors (Lipinski definition) is 5. The highest BCUT2D eigenvalue weighted by molar-refractivity contribution is 7.26. The molecule has 0 aliphatic rings. The Morgan fingerprint density at radius 2 is 0.971 bits per heavy atom. The van der Waals surface area contributed by atoms with Crippen LogP contribution >= 0.6 is 11.3 Å². The summed E-state index contributed by atoms with van der Waals surface area (Å²) in [6, 6.07) is 79.6. The lowest BCUT2D eigenvalue weighted by atomic mass is 9.97. The van der Waals surface area contributed by atoms with Gasteiger partial charge in [0.15, 0.2) is 5.82 Å². The van der Waals surface area contributed by atoms with Crippen molar-refractivity contribution in [2.75, 3.05) is 0 Å². The molecule has 0 unspecified atom stereocenters. The fourth-order valence-electron chi connectivity index (χ4n) is 10.8. The average molecular weight is 912 g/mol. The van der Waals surface area contributed by atoms with E-state index in [2.05, 4.69) is 193 Å². The Morgan fingerprint density at radius 3 is 1.87 bits per heavy atom. The first kappa shape index (κ1) is 38.9. The quantitative estimate of drug-likeness (QED) is 0.167. The molecule has 0 aliphatic heterocycles. The zero-order valence-corrected chi connectivity index (χ0v) is 38.2. The van der Waals surface area contributed by atoms with Gasteiger partial charge in [-0.1, -0.05) is 140 Å². The maximum absolute atomic E-state index is 6.60. The van der Waals surface area contributed by atoms with Gasteiger partial charge in [0.2, 0.25) is 0 Å². The van der Waals surface area contributed by atoms with Gasteiger partial charge in [-0.05, 0) is 107 Å². The number of aromatic nitrogens is 3. The number of nitrogens with zero attached hydrogens (tertiary/aromatic N) is 3. The summed E-state index contributed by atoms with van der Waals surface area (Å²) in [5.74, 6) is 0.625. The van der Waals surface area contributed by atoms with Crippen molar-refractivity contribution in [3.8, 4) is 61.8 Å². The van der Waals surface area contributed by atoms with E-state index in [0.717, 1.165) is 88.8 Å². The maximum Gasteiger partial charge on any atom is 0.160 e. The molecule has 0 saturated heterocycles. The zero-order valence-electron chi connectivity index (χ0n) is 37.4. The predicted octanol–water partition coefficient (Wildman–Crippen LogP) is 18.1. The first-order valence-electron chi connectivity index (χ1n) is 23.5. The minimum Gasteiger partial charge on any atom is -0.456 e. The van der Waals surface area contributed by atoms with Gasteiger partial charge in [-0.25, -0.2) is 9.97 Å². The molecule has 0 aliphatic carbocycles. The number of thiophene rings is 1. The van der Waals surface area contributed by atoms with E-state index in [0.29, 0.717) is 5.82 Å². The van der Waals surface area contributed by atoms with Crippen LogP contribution in [0.5, 0.6) is 0 Å². The van der Waals surface area contributed by atoms with Gasteiger partial charge in [-0.15, -0.1) is 11.3 Å². The maximum atomic E-state index is 6.60. The highest BCUT2D eigenvalue weighted by Crippen LogP contribution is 2.45. The fraction of sp³-hybridized carbons (Fsp3) is 0. The smallest absolute Gasteiger partial charge is 0.160 e. The highest BCUT2D eigenvalue weighted by Gasteiger charge is 2.20. The lowest BCUT2D eigenvalue weighted by Gasteiger charge is -2.10. The summed E-state index contributed by atoms with van der Waals surface area (Å²) >= 11 is 1.87. The lowest BCUT2D eigenvalue weighted by molar-refractivity contribution is 0.668. The molecule has 326 valence electrons. The molecule has 0 fully saturated rings. The molecule has 5 heterocycles. The molecule has 6 heteroatoms. The van der Waals surface area contributed by atoms with Gasteiger partial charge in [0.25, 0.3) is 0 Å². The van der Waals surface area contributed by atoms with E-state index in [4.69, 9.17) is 18.8 Å².